The molecule has 0 bridgehead atoms. The molecule has 0 atom stereocenters. The molecule has 0 saturated carbocycles. The Kier molecular flexibility index (Phi) is 6.29. The van der Waals surface area contributed by atoms with Gasteiger partial charge in [-0.1, -0.05) is 29.3 Å². The molecule has 1 heterocycles. The number of nitrogens with one attached hydrogen (secondary N) is 1. The zero-order valence-corrected chi connectivity index (χ0v) is 16.4. The summed E-state index contributed by atoms with van der Waals surface area (Å²) in [6.07, 6.45) is 0.698. The Hall–Kier alpha value is -2.89. The van der Waals surface area contributed by atoms with E-state index in [1.807, 2.05) is 18.2 Å². The number of nitrogens with zero attached hydrogens (tertiary/aromatic N) is 1. The van der Waals surface area contributed by atoms with Gasteiger partial charge in [0.2, 0.25) is 0 Å². The summed E-state index contributed by atoms with van der Waals surface area (Å²) in [6, 6.07) is 15.4. The fourth-order valence-electron chi connectivity index (χ4n) is 2.70. The number of ether oxygens (including phenoxy) is 1. The van der Waals surface area contributed by atoms with Gasteiger partial charge in [0.1, 0.15) is 11.4 Å². The molecule has 1 N–H and O–H groups in total. The van der Waals surface area contributed by atoms with Gasteiger partial charge in [0.25, 0.3) is 5.91 Å². The minimum atomic E-state index is -0.324. The lowest BCUT2D eigenvalue weighted by atomic mass is 10.1. The van der Waals surface area contributed by atoms with Crippen LogP contribution in [0.1, 0.15) is 26.4 Å². The third-order valence-electron chi connectivity index (χ3n) is 4.08. The maximum absolute atomic E-state index is 12.5. The molecule has 0 spiro atoms. The zero-order valence-electron chi connectivity index (χ0n) is 14.9. The summed E-state index contributed by atoms with van der Waals surface area (Å²) in [4.78, 5) is 27.7. The van der Waals surface area contributed by atoms with Crippen LogP contribution in [0.4, 0.5) is 0 Å². The van der Waals surface area contributed by atoms with Crippen LogP contribution in [0.5, 0.6) is 5.75 Å². The zero-order chi connectivity index (χ0) is 20.1. The van der Waals surface area contributed by atoms with Crippen LogP contribution >= 0.6 is 23.2 Å². The summed E-state index contributed by atoms with van der Waals surface area (Å²) in [7, 11) is 1.56. The highest BCUT2D eigenvalue weighted by molar-refractivity contribution is 6.36. The average molecular weight is 415 g/mol. The van der Waals surface area contributed by atoms with E-state index in [0.29, 0.717) is 34.0 Å². The molecule has 0 radical (unpaired) electrons. The second-order valence-electron chi connectivity index (χ2n) is 5.90. The number of hydrogen-bond acceptors (Lipinski definition) is 4. The first-order chi connectivity index (χ1) is 13.5. The number of amides is 1. The van der Waals surface area contributed by atoms with E-state index in [1.165, 1.54) is 6.07 Å². The molecule has 3 rings (SSSR count). The molecule has 0 fully saturated rings. The van der Waals surface area contributed by atoms with Gasteiger partial charge >= 0.3 is 0 Å². The molecule has 2 aromatic carbocycles. The summed E-state index contributed by atoms with van der Waals surface area (Å²) in [5.74, 6) is 0.299. The molecule has 0 aliphatic heterocycles. The number of pyridine rings is 1. The maximum Gasteiger partial charge on any atom is 0.253 e. The van der Waals surface area contributed by atoms with Crippen molar-refractivity contribution in [3.8, 4) is 17.0 Å². The van der Waals surface area contributed by atoms with Crippen molar-refractivity contribution in [2.75, 3.05) is 7.11 Å². The number of carbonyl (C=O) groups excluding carboxylic acids is 2. The maximum atomic E-state index is 12.5. The lowest BCUT2D eigenvalue weighted by Crippen LogP contribution is -2.23. The van der Waals surface area contributed by atoms with Gasteiger partial charge in [-0.05, 0) is 48.5 Å². The predicted molar refractivity (Wildman–Crippen MR) is 109 cm³/mol. The standard InChI is InChI=1S/C21H16Cl2N2O3/c1-28-20-8-5-13(19-4-2-3-16(12-26)25-19)9-14(20)11-24-21(27)17-7-6-15(22)10-18(17)23/h2-10,12H,11H2,1H3,(H,24,27). The van der Waals surface area contributed by atoms with Crippen molar-refractivity contribution in [3.05, 3.63) is 81.5 Å². The molecular weight excluding hydrogens is 399 g/mol. The van der Waals surface area contributed by atoms with E-state index in [1.54, 1.807) is 37.4 Å². The van der Waals surface area contributed by atoms with Gasteiger partial charge in [-0.25, -0.2) is 4.98 Å². The van der Waals surface area contributed by atoms with E-state index >= 15 is 0 Å². The molecule has 142 valence electrons. The number of methoxy groups -OCH3 is 1. The molecule has 0 saturated heterocycles. The number of carbonyl (C=O) groups is 2. The quantitative estimate of drug-likeness (QED) is 0.587. The Bertz CT molecular complexity index is 1040. The summed E-state index contributed by atoms with van der Waals surface area (Å²) in [5.41, 5.74) is 2.90. The van der Waals surface area contributed by atoms with Gasteiger partial charge < -0.3 is 10.1 Å². The van der Waals surface area contributed by atoms with Crippen LogP contribution in [-0.4, -0.2) is 24.3 Å². The van der Waals surface area contributed by atoms with Crippen molar-refractivity contribution in [1.82, 2.24) is 10.3 Å². The molecule has 7 heteroatoms. The molecular formula is C21H16Cl2N2O3. The third kappa shape index (κ3) is 4.50. The first-order valence-corrected chi connectivity index (χ1v) is 9.10. The molecule has 1 aromatic heterocycles. The van der Waals surface area contributed by atoms with Crippen LogP contribution in [-0.2, 0) is 6.54 Å². The Balaban J connectivity index is 1.84. The number of benzene rings is 2. The molecule has 1 amide bonds. The second kappa shape index (κ2) is 8.87. The first kappa shape index (κ1) is 19.9. The number of aromatic nitrogens is 1. The van der Waals surface area contributed by atoms with Gasteiger partial charge in [0.15, 0.2) is 6.29 Å². The number of rotatable bonds is 6. The second-order valence-corrected chi connectivity index (χ2v) is 6.74. The molecule has 0 aliphatic rings. The van der Waals surface area contributed by atoms with Crippen molar-refractivity contribution in [2.45, 2.75) is 6.54 Å². The van der Waals surface area contributed by atoms with E-state index in [9.17, 15) is 9.59 Å². The van der Waals surface area contributed by atoms with E-state index in [0.717, 1.165) is 11.1 Å². The van der Waals surface area contributed by atoms with Gasteiger partial charge in [0.05, 0.1) is 23.4 Å². The smallest absolute Gasteiger partial charge is 0.253 e. The first-order valence-electron chi connectivity index (χ1n) is 8.34. The summed E-state index contributed by atoms with van der Waals surface area (Å²) in [6.45, 7) is 0.224. The highest BCUT2D eigenvalue weighted by Gasteiger charge is 2.13. The van der Waals surface area contributed by atoms with Crippen molar-refractivity contribution in [3.63, 3.8) is 0 Å². The van der Waals surface area contributed by atoms with Gasteiger partial charge in [0, 0.05) is 22.7 Å². The lowest BCUT2D eigenvalue weighted by molar-refractivity contribution is 0.0950. The Morgan fingerprint density at radius 1 is 1.14 bits per heavy atom. The summed E-state index contributed by atoms with van der Waals surface area (Å²) in [5, 5.41) is 3.57. The van der Waals surface area contributed by atoms with Gasteiger partial charge in [-0.2, -0.15) is 0 Å². The molecule has 0 aliphatic carbocycles. The van der Waals surface area contributed by atoms with Crippen LogP contribution in [0.2, 0.25) is 10.0 Å². The lowest BCUT2D eigenvalue weighted by Gasteiger charge is -2.12. The molecule has 0 unspecified atom stereocenters. The molecule has 5 nitrogen and oxygen atoms in total. The summed E-state index contributed by atoms with van der Waals surface area (Å²) < 4.78 is 5.39. The van der Waals surface area contributed by atoms with E-state index in [2.05, 4.69) is 10.3 Å². The summed E-state index contributed by atoms with van der Waals surface area (Å²) >= 11 is 12.0. The van der Waals surface area contributed by atoms with Crippen molar-refractivity contribution >= 4 is 35.4 Å². The minimum Gasteiger partial charge on any atom is -0.496 e. The largest absolute Gasteiger partial charge is 0.496 e. The fourth-order valence-corrected chi connectivity index (χ4v) is 3.19. The van der Waals surface area contributed by atoms with E-state index < -0.39 is 0 Å². The van der Waals surface area contributed by atoms with Crippen LogP contribution < -0.4 is 10.1 Å². The Morgan fingerprint density at radius 3 is 2.68 bits per heavy atom. The van der Waals surface area contributed by atoms with Gasteiger partial charge in [-0.3, -0.25) is 9.59 Å². The monoisotopic (exact) mass is 414 g/mol. The predicted octanol–water partition coefficient (Wildman–Crippen LogP) is 4.81. The fraction of sp³-hybridized carbons (Fsp3) is 0.0952. The number of hydrogen-bond donors (Lipinski definition) is 1. The molecule has 28 heavy (non-hydrogen) atoms. The van der Waals surface area contributed by atoms with Crippen LogP contribution in [0.25, 0.3) is 11.3 Å². The van der Waals surface area contributed by atoms with E-state index in [-0.39, 0.29) is 17.5 Å². The number of halogens is 2. The van der Waals surface area contributed by atoms with Crippen molar-refractivity contribution < 1.29 is 14.3 Å². The Labute approximate surface area is 172 Å². The van der Waals surface area contributed by atoms with Crippen molar-refractivity contribution in [1.29, 1.82) is 0 Å². The highest BCUT2D eigenvalue weighted by atomic mass is 35.5. The van der Waals surface area contributed by atoms with Crippen LogP contribution in [0.3, 0.4) is 0 Å². The third-order valence-corrected chi connectivity index (χ3v) is 4.63. The van der Waals surface area contributed by atoms with Gasteiger partial charge in [-0.15, -0.1) is 0 Å². The Morgan fingerprint density at radius 2 is 1.96 bits per heavy atom. The minimum absolute atomic E-state index is 0.224. The topological polar surface area (TPSA) is 68.3 Å². The number of aldehydes is 1. The molecule has 3 aromatic rings. The highest BCUT2D eigenvalue weighted by Crippen LogP contribution is 2.26. The average Bonchev–Trinajstić information content (AvgIpc) is 2.71. The van der Waals surface area contributed by atoms with Crippen LogP contribution in [0.15, 0.2) is 54.6 Å². The SMILES string of the molecule is COc1ccc(-c2cccc(C=O)n2)cc1CNC(=O)c1ccc(Cl)cc1Cl. The van der Waals surface area contributed by atoms with Crippen LogP contribution in [0, 0.1) is 0 Å². The van der Waals surface area contributed by atoms with Crippen molar-refractivity contribution in [2.24, 2.45) is 0 Å². The normalized spacial score (nSPS) is 10.4. The van der Waals surface area contributed by atoms with E-state index in [4.69, 9.17) is 27.9 Å².